The van der Waals surface area contributed by atoms with Crippen LogP contribution in [-0.2, 0) is 4.79 Å². The smallest absolute Gasteiger partial charge is 0.246 e. The van der Waals surface area contributed by atoms with Crippen LogP contribution in [0.25, 0.3) is 11.0 Å². The van der Waals surface area contributed by atoms with Crippen molar-refractivity contribution in [3.63, 3.8) is 0 Å². The van der Waals surface area contributed by atoms with Gasteiger partial charge in [-0.1, -0.05) is 12.1 Å². The Labute approximate surface area is 103 Å². The lowest BCUT2D eigenvalue weighted by atomic mass is 10.2. The largest absolute Gasteiger partial charge is 0.486 e. The minimum absolute atomic E-state index is 0.0490. The van der Waals surface area contributed by atoms with Crippen LogP contribution in [0.2, 0.25) is 0 Å². The van der Waals surface area contributed by atoms with Gasteiger partial charge in [0.1, 0.15) is 24.3 Å². The van der Waals surface area contributed by atoms with Crippen LogP contribution >= 0.6 is 0 Å². The zero-order valence-electron chi connectivity index (χ0n) is 9.42. The van der Waals surface area contributed by atoms with Crippen molar-refractivity contribution in [2.24, 2.45) is 11.5 Å². The number of para-hydroxylation sites is 1. The highest BCUT2D eigenvalue weighted by Crippen LogP contribution is 2.32. The van der Waals surface area contributed by atoms with E-state index in [0.717, 1.165) is 0 Å². The summed E-state index contributed by atoms with van der Waals surface area (Å²) in [6, 6.07) is 8.01. The molecule has 0 aliphatic carbocycles. The van der Waals surface area contributed by atoms with E-state index in [1.807, 2.05) is 6.07 Å². The number of amides is 1. The van der Waals surface area contributed by atoms with Gasteiger partial charge in [-0.2, -0.15) is 5.26 Å². The number of furan rings is 1. The SMILES string of the molecule is N#Cc1oc2ccccc2c1OCC(N)C(N)=O. The summed E-state index contributed by atoms with van der Waals surface area (Å²) in [5.41, 5.74) is 11.0. The molecule has 1 unspecified atom stereocenters. The minimum atomic E-state index is -0.926. The normalized spacial score (nSPS) is 12.0. The molecule has 2 aromatic rings. The molecule has 1 heterocycles. The molecule has 0 bridgehead atoms. The highest BCUT2D eigenvalue weighted by Gasteiger charge is 2.17. The molecule has 1 atom stereocenters. The third-order valence-corrected chi connectivity index (χ3v) is 2.42. The van der Waals surface area contributed by atoms with Gasteiger partial charge >= 0.3 is 0 Å². The maximum absolute atomic E-state index is 10.8. The predicted molar refractivity (Wildman–Crippen MR) is 63.6 cm³/mol. The molecule has 18 heavy (non-hydrogen) atoms. The fourth-order valence-electron chi connectivity index (χ4n) is 1.49. The summed E-state index contributed by atoms with van der Waals surface area (Å²) < 4.78 is 10.7. The Bertz CT molecular complexity index is 627. The molecular weight excluding hydrogens is 234 g/mol. The zero-order chi connectivity index (χ0) is 13.1. The summed E-state index contributed by atoms with van der Waals surface area (Å²) in [6.45, 7) is -0.104. The molecule has 1 aromatic heterocycles. The number of ether oxygens (including phenoxy) is 1. The number of rotatable bonds is 4. The molecule has 0 fully saturated rings. The van der Waals surface area contributed by atoms with Crippen LogP contribution in [0.15, 0.2) is 28.7 Å². The zero-order valence-corrected chi connectivity index (χ0v) is 9.42. The Morgan fingerprint density at radius 3 is 2.89 bits per heavy atom. The molecule has 2 rings (SSSR count). The van der Waals surface area contributed by atoms with Gasteiger partial charge in [-0.3, -0.25) is 4.79 Å². The Morgan fingerprint density at radius 1 is 1.50 bits per heavy atom. The average Bonchev–Trinajstić information content (AvgIpc) is 2.73. The van der Waals surface area contributed by atoms with Crippen molar-refractivity contribution >= 4 is 16.9 Å². The Morgan fingerprint density at radius 2 is 2.22 bits per heavy atom. The van der Waals surface area contributed by atoms with Gasteiger partial charge in [0.2, 0.25) is 11.7 Å². The standard InChI is InChI=1S/C12H11N3O3/c13-5-10-11(17-6-8(14)12(15)16)7-3-1-2-4-9(7)18-10/h1-4,8H,6,14H2,(H2,15,16). The first-order valence-corrected chi connectivity index (χ1v) is 5.23. The lowest BCUT2D eigenvalue weighted by Crippen LogP contribution is -2.41. The van der Waals surface area contributed by atoms with Gasteiger partial charge in [0.15, 0.2) is 5.75 Å². The molecular formula is C12H11N3O3. The lowest BCUT2D eigenvalue weighted by molar-refractivity contribution is -0.119. The Balaban J connectivity index is 2.32. The van der Waals surface area contributed by atoms with Crippen molar-refractivity contribution in [2.75, 3.05) is 6.61 Å². The van der Waals surface area contributed by atoms with E-state index in [9.17, 15) is 4.79 Å². The van der Waals surface area contributed by atoms with Crippen LogP contribution in [0.1, 0.15) is 5.76 Å². The van der Waals surface area contributed by atoms with E-state index in [4.69, 9.17) is 25.9 Å². The first-order valence-electron chi connectivity index (χ1n) is 5.23. The molecule has 0 aliphatic heterocycles. The van der Waals surface area contributed by atoms with E-state index in [1.165, 1.54) is 0 Å². The number of hydrogen-bond donors (Lipinski definition) is 2. The maximum Gasteiger partial charge on any atom is 0.246 e. The van der Waals surface area contributed by atoms with Crippen molar-refractivity contribution in [1.29, 1.82) is 5.26 Å². The monoisotopic (exact) mass is 245 g/mol. The maximum atomic E-state index is 10.8. The van der Waals surface area contributed by atoms with Crippen molar-refractivity contribution in [3.05, 3.63) is 30.0 Å². The minimum Gasteiger partial charge on any atom is -0.486 e. The van der Waals surface area contributed by atoms with E-state index in [2.05, 4.69) is 0 Å². The number of primary amides is 1. The number of hydrogen-bond acceptors (Lipinski definition) is 5. The molecule has 0 radical (unpaired) electrons. The number of fused-ring (bicyclic) bond motifs is 1. The van der Waals surface area contributed by atoms with Gasteiger partial charge in [0, 0.05) is 0 Å². The van der Waals surface area contributed by atoms with Crippen LogP contribution in [-0.4, -0.2) is 18.6 Å². The van der Waals surface area contributed by atoms with E-state index in [0.29, 0.717) is 11.0 Å². The molecule has 6 heteroatoms. The molecule has 6 nitrogen and oxygen atoms in total. The quantitative estimate of drug-likeness (QED) is 0.813. The topological polar surface area (TPSA) is 115 Å². The van der Waals surface area contributed by atoms with Crippen LogP contribution in [0.4, 0.5) is 0 Å². The second-order valence-electron chi connectivity index (χ2n) is 3.69. The van der Waals surface area contributed by atoms with Gasteiger partial charge in [-0.25, -0.2) is 0 Å². The van der Waals surface area contributed by atoms with Crippen molar-refractivity contribution < 1.29 is 13.9 Å². The number of carbonyl (C=O) groups excluding carboxylic acids is 1. The van der Waals surface area contributed by atoms with Gasteiger partial charge in [-0.15, -0.1) is 0 Å². The summed E-state index contributed by atoms with van der Waals surface area (Å²) in [7, 11) is 0. The summed E-state index contributed by atoms with van der Waals surface area (Å²) in [5.74, 6) is -0.334. The molecule has 1 aromatic carbocycles. The fraction of sp³-hybridized carbons (Fsp3) is 0.167. The predicted octanol–water partition coefficient (Wildman–Crippen LogP) is 0.496. The summed E-state index contributed by atoms with van der Waals surface area (Å²) in [5, 5.41) is 9.61. The van der Waals surface area contributed by atoms with Crippen molar-refractivity contribution in [2.45, 2.75) is 6.04 Å². The summed E-state index contributed by atoms with van der Waals surface area (Å²) >= 11 is 0. The van der Waals surface area contributed by atoms with Gasteiger partial charge < -0.3 is 20.6 Å². The van der Waals surface area contributed by atoms with Crippen LogP contribution in [0.3, 0.4) is 0 Å². The van der Waals surface area contributed by atoms with E-state index in [1.54, 1.807) is 24.3 Å². The average molecular weight is 245 g/mol. The third kappa shape index (κ3) is 2.12. The molecule has 0 aliphatic rings. The second kappa shape index (κ2) is 4.77. The number of nitrogens with two attached hydrogens (primary N) is 2. The molecule has 0 saturated heterocycles. The van der Waals surface area contributed by atoms with Gasteiger partial charge in [-0.05, 0) is 12.1 Å². The number of nitrogens with zero attached hydrogens (tertiary/aromatic N) is 1. The van der Waals surface area contributed by atoms with Crippen molar-refractivity contribution in [3.8, 4) is 11.8 Å². The first kappa shape index (κ1) is 12.0. The Hall–Kier alpha value is -2.52. The third-order valence-electron chi connectivity index (χ3n) is 2.42. The molecule has 4 N–H and O–H groups in total. The Kier molecular flexibility index (Phi) is 3.17. The van der Waals surface area contributed by atoms with Crippen LogP contribution in [0.5, 0.6) is 5.75 Å². The highest BCUT2D eigenvalue weighted by molar-refractivity contribution is 5.86. The lowest BCUT2D eigenvalue weighted by Gasteiger charge is -2.08. The highest BCUT2D eigenvalue weighted by atomic mass is 16.5. The van der Waals surface area contributed by atoms with Gasteiger partial charge in [0.25, 0.3) is 0 Å². The second-order valence-corrected chi connectivity index (χ2v) is 3.69. The van der Waals surface area contributed by atoms with E-state index < -0.39 is 11.9 Å². The number of carbonyl (C=O) groups is 1. The number of nitriles is 1. The van der Waals surface area contributed by atoms with E-state index >= 15 is 0 Å². The number of benzene rings is 1. The molecule has 1 amide bonds. The van der Waals surface area contributed by atoms with Gasteiger partial charge in [0.05, 0.1) is 5.39 Å². The van der Waals surface area contributed by atoms with E-state index in [-0.39, 0.29) is 18.1 Å². The summed E-state index contributed by atoms with van der Waals surface area (Å²) in [4.78, 5) is 10.8. The van der Waals surface area contributed by atoms with Crippen molar-refractivity contribution in [1.82, 2.24) is 0 Å². The fourth-order valence-corrected chi connectivity index (χ4v) is 1.49. The molecule has 0 spiro atoms. The van der Waals surface area contributed by atoms with Crippen LogP contribution < -0.4 is 16.2 Å². The molecule has 0 saturated carbocycles. The molecule has 92 valence electrons. The van der Waals surface area contributed by atoms with Crippen LogP contribution in [0, 0.1) is 11.3 Å². The first-order chi connectivity index (χ1) is 8.63. The summed E-state index contributed by atoms with van der Waals surface area (Å²) in [6.07, 6.45) is 0.